The minimum atomic E-state index is -0.482. The molecule has 0 bridgehead atoms. The Hall–Kier alpha value is -0.570. The summed E-state index contributed by atoms with van der Waals surface area (Å²) in [7, 11) is 0. The normalized spacial score (nSPS) is 15.5. The van der Waals surface area contributed by atoms with Crippen LogP contribution in [0.5, 0.6) is 0 Å². The first-order chi connectivity index (χ1) is 5.99. The zero-order valence-corrected chi connectivity index (χ0v) is 9.04. The van der Waals surface area contributed by atoms with E-state index < -0.39 is 6.04 Å². The fourth-order valence-corrected chi connectivity index (χ4v) is 0.711. The average Bonchev–Trinajstić information content (AvgIpc) is 2.11. The first-order valence-corrected chi connectivity index (χ1v) is 4.91. The fourth-order valence-electron chi connectivity index (χ4n) is 0.711. The summed E-state index contributed by atoms with van der Waals surface area (Å²) in [4.78, 5) is 11.3. The topological polar surface area (TPSA) is 52.3 Å². The molecular weight excluding hydrogens is 166 g/mol. The van der Waals surface area contributed by atoms with E-state index in [1.54, 1.807) is 0 Å². The lowest BCUT2D eigenvalue weighted by Gasteiger charge is -2.16. The summed E-state index contributed by atoms with van der Waals surface area (Å²) >= 11 is 0. The average molecular weight is 187 g/mol. The van der Waals surface area contributed by atoms with E-state index in [1.165, 1.54) is 0 Å². The summed E-state index contributed by atoms with van der Waals surface area (Å²) in [6.45, 7) is 8.43. The smallest absolute Gasteiger partial charge is 0.323 e. The van der Waals surface area contributed by atoms with Gasteiger partial charge >= 0.3 is 5.97 Å². The maximum atomic E-state index is 11.3. The maximum Gasteiger partial charge on any atom is 0.323 e. The van der Waals surface area contributed by atoms with E-state index in [1.807, 2.05) is 20.8 Å². The zero-order valence-electron chi connectivity index (χ0n) is 9.04. The minimum Gasteiger partial charge on any atom is -0.464 e. The van der Waals surface area contributed by atoms with Crippen molar-refractivity contribution in [2.24, 2.45) is 17.6 Å². The molecule has 0 heterocycles. The van der Waals surface area contributed by atoms with Crippen molar-refractivity contribution < 1.29 is 9.53 Å². The number of nitrogens with two attached hydrogens (primary N) is 1. The zero-order chi connectivity index (χ0) is 10.4. The van der Waals surface area contributed by atoms with Crippen LogP contribution in [0, 0.1) is 11.8 Å². The number of esters is 1. The van der Waals surface area contributed by atoms with Crippen molar-refractivity contribution in [3.63, 3.8) is 0 Å². The van der Waals surface area contributed by atoms with Gasteiger partial charge in [-0.1, -0.05) is 34.1 Å². The molecule has 0 aliphatic carbocycles. The van der Waals surface area contributed by atoms with Gasteiger partial charge in [0.1, 0.15) is 6.04 Å². The summed E-state index contributed by atoms with van der Waals surface area (Å²) in [6.07, 6.45) is 1.02. The Balaban J connectivity index is 3.74. The molecule has 13 heavy (non-hydrogen) atoms. The van der Waals surface area contributed by atoms with Crippen LogP contribution in [0.1, 0.15) is 34.1 Å². The summed E-state index contributed by atoms with van der Waals surface area (Å²) in [5.41, 5.74) is 5.61. The molecule has 0 aromatic carbocycles. The minimum absolute atomic E-state index is 0.143. The van der Waals surface area contributed by atoms with E-state index in [-0.39, 0.29) is 11.9 Å². The van der Waals surface area contributed by atoms with Gasteiger partial charge in [0, 0.05) is 0 Å². The summed E-state index contributed by atoms with van der Waals surface area (Å²) in [5.74, 6) is 0.281. The Kier molecular flexibility index (Phi) is 5.71. The Morgan fingerprint density at radius 3 is 2.31 bits per heavy atom. The molecule has 0 rings (SSSR count). The predicted octanol–water partition coefficient (Wildman–Crippen LogP) is 1.56. The van der Waals surface area contributed by atoms with E-state index in [0.717, 1.165) is 6.42 Å². The van der Waals surface area contributed by atoms with Crippen molar-refractivity contribution in [2.45, 2.75) is 40.2 Å². The van der Waals surface area contributed by atoms with E-state index in [9.17, 15) is 4.79 Å². The molecule has 0 saturated carbocycles. The Morgan fingerprint density at radius 1 is 1.38 bits per heavy atom. The van der Waals surface area contributed by atoms with Gasteiger partial charge in [-0.2, -0.15) is 0 Å². The highest BCUT2D eigenvalue weighted by molar-refractivity contribution is 5.75. The third-order valence-electron chi connectivity index (χ3n) is 2.20. The third-order valence-corrected chi connectivity index (χ3v) is 2.20. The number of carbonyl (C=O) groups is 1. The van der Waals surface area contributed by atoms with E-state index in [4.69, 9.17) is 10.5 Å². The molecule has 0 aromatic heterocycles. The van der Waals surface area contributed by atoms with E-state index in [0.29, 0.717) is 12.5 Å². The van der Waals surface area contributed by atoms with Gasteiger partial charge in [0.25, 0.3) is 0 Å². The standard InChI is InChI=1S/C10H21NO2/c1-5-8(4)6-13-10(12)9(11)7(2)3/h7-9H,5-6,11H2,1-4H3. The number of ether oxygens (including phenoxy) is 1. The van der Waals surface area contributed by atoms with E-state index in [2.05, 4.69) is 6.92 Å². The maximum absolute atomic E-state index is 11.3. The molecule has 2 atom stereocenters. The molecule has 3 nitrogen and oxygen atoms in total. The second kappa shape index (κ2) is 5.97. The van der Waals surface area contributed by atoms with Crippen LogP contribution in [0.2, 0.25) is 0 Å². The van der Waals surface area contributed by atoms with Crippen molar-refractivity contribution in [3.05, 3.63) is 0 Å². The van der Waals surface area contributed by atoms with Gasteiger partial charge in [-0.3, -0.25) is 4.79 Å². The van der Waals surface area contributed by atoms with Crippen LogP contribution in [0.3, 0.4) is 0 Å². The lowest BCUT2D eigenvalue weighted by Crippen LogP contribution is -2.37. The molecule has 0 amide bonds. The monoisotopic (exact) mass is 187 g/mol. The summed E-state index contributed by atoms with van der Waals surface area (Å²) < 4.78 is 5.05. The molecule has 0 spiro atoms. The molecule has 0 aliphatic rings. The molecule has 0 saturated heterocycles. The van der Waals surface area contributed by atoms with Crippen molar-refractivity contribution in [1.29, 1.82) is 0 Å². The number of rotatable bonds is 5. The Morgan fingerprint density at radius 2 is 1.92 bits per heavy atom. The van der Waals surface area contributed by atoms with Crippen LogP contribution in [0.25, 0.3) is 0 Å². The highest BCUT2D eigenvalue weighted by atomic mass is 16.5. The van der Waals surface area contributed by atoms with Crippen molar-refractivity contribution >= 4 is 5.97 Å². The second-order valence-corrected chi connectivity index (χ2v) is 3.91. The van der Waals surface area contributed by atoms with Crippen LogP contribution in [-0.2, 0) is 9.53 Å². The van der Waals surface area contributed by atoms with Crippen molar-refractivity contribution in [3.8, 4) is 0 Å². The Labute approximate surface area is 80.6 Å². The first kappa shape index (κ1) is 12.4. The molecule has 0 aliphatic heterocycles. The van der Waals surface area contributed by atoms with Gasteiger partial charge in [0.2, 0.25) is 0 Å². The van der Waals surface area contributed by atoms with Gasteiger partial charge in [0.05, 0.1) is 6.61 Å². The molecule has 0 fully saturated rings. The lowest BCUT2D eigenvalue weighted by atomic mass is 10.1. The predicted molar refractivity (Wildman–Crippen MR) is 53.2 cm³/mol. The van der Waals surface area contributed by atoms with Crippen LogP contribution in [-0.4, -0.2) is 18.6 Å². The first-order valence-electron chi connectivity index (χ1n) is 4.91. The molecule has 0 radical (unpaired) electrons. The van der Waals surface area contributed by atoms with Crippen LogP contribution in [0.15, 0.2) is 0 Å². The van der Waals surface area contributed by atoms with Crippen molar-refractivity contribution in [2.75, 3.05) is 6.61 Å². The Bertz CT molecular complexity index is 157. The second-order valence-electron chi connectivity index (χ2n) is 3.91. The largest absolute Gasteiger partial charge is 0.464 e. The molecular formula is C10H21NO2. The lowest BCUT2D eigenvalue weighted by molar-refractivity contribution is -0.147. The number of hydrogen-bond acceptors (Lipinski definition) is 3. The van der Waals surface area contributed by atoms with Gasteiger partial charge in [0.15, 0.2) is 0 Å². The summed E-state index contributed by atoms with van der Waals surface area (Å²) in [6, 6.07) is -0.482. The molecule has 78 valence electrons. The highest BCUT2D eigenvalue weighted by Crippen LogP contribution is 2.04. The highest BCUT2D eigenvalue weighted by Gasteiger charge is 2.18. The van der Waals surface area contributed by atoms with E-state index >= 15 is 0 Å². The molecule has 2 unspecified atom stereocenters. The van der Waals surface area contributed by atoms with Gasteiger partial charge in [-0.25, -0.2) is 0 Å². The third kappa shape index (κ3) is 4.88. The van der Waals surface area contributed by atoms with Crippen LogP contribution < -0.4 is 5.73 Å². The molecule has 2 N–H and O–H groups in total. The SMILES string of the molecule is CCC(C)COC(=O)C(N)C(C)C. The molecule has 3 heteroatoms. The molecule has 0 aromatic rings. The van der Waals surface area contributed by atoms with Crippen LogP contribution >= 0.6 is 0 Å². The quantitative estimate of drug-likeness (QED) is 0.664. The van der Waals surface area contributed by atoms with Crippen molar-refractivity contribution in [1.82, 2.24) is 0 Å². The van der Waals surface area contributed by atoms with Gasteiger partial charge in [-0.15, -0.1) is 0 Å². The van der Waals surface area contributed by atoms with Gasteiger partial charge in [-0.05, 0) is 11.8 Å². The number of hydrogen-bond donors (Lipinski definition) is 1. The fraction of sp³-hybridized carbons (Fsp3) is 0.900. The number of carbonyl (C=O) groups excluding carboxylic acids is 1. The summed E-state index contributed by atoms with van der Waals surface area (Å²) in [5, 5.41) is 0. The van der Waals surface area contributed by atoms with Gasteiger partial charge < -0.3 is 10.5 Å². The van der Waals surface area contributed by atoms with Crippen LogP contribution in [0.4, 0.5) is 0 Å².